The fourth-order valence-corrected chi connectivity index (χ4v) is 2.87. The van der Waals surface area contributed by atoms with Crippen molar-refractivity contribution in [1.82, 2.24) is 0 Å². The predicted octanol–water partition coefficient (Wildman–Crippen LogP) is 4.30. The number of carboxylic acid groups (broad SMARTS) is 1. The number of alkyl halides is 1. The second kappa shape index (κ2) is 5.93. The van der Waals surface area contributed by atoms with Gasteiger partial charge in [0.15, 0.2) is 29.4 Å². The summed E-state index contributed by atoms with van der Waals surface area (Å²) in [4.78, 5) is 24.5. The van der Waals surface area contributed by atoms with Crippen LogP contribution in [0.5, 0.6) is 0 Å². The van der Waals surface area contributed by atoms with Crippen LogP contribution in [0.2, 0.25) is 0 Å². The number of carbonyl (C=O) groups is 2. The highest BCUT2D eigenvalue weighted by Gasteiger charge is 2.45. The first-order valence-corrected chi connectivity index (χ1v) is 6.67. The first-order valence-electron chi connectivity index (χ1n) is 6.67. The molecule has 0 radical (unpaired) electrons. The Balaban J connectivity index is 2.53. The number of fused-ring (bicyclic) bond motifs is 3. The third-order valence-corrected chi connectivity index (χ3v) is 3.96. The van der Waals surface area contributed by atoms with Gasteiger partial charge in [-0.1, -0.05) is 0 Å². The molecular formula is C15H2F8O4. The molecule has 2 aromatic carbocycles. The van der Waals surface area contributed by atoms with Gasteiger partial charge in [-0.3, -0.25) is 0 Å². The van der Waals surface area contributed by atoms with Crippen molar-refractivity contribution in [2.45, 2.75) is 6.17 Å². The summed E-state index contributed by atoms with van der Waals surface area (Å²) in [5, 5.41) is 8.76. The lowest BCUT2D eigenvalue weighted by atomic mass is 9.98. The van der Waals surface area contributed by atoms with Gasteiger partial charge in [0.25, 0.3) is 0 Å². The highest BCUT2D eigenvalue weighted by atomic mass is 19.3. The van der Waals surface area contributed by atoms with E-state index in [2.05, 4.69) is 4.94 Å². The summed E-state index contributed by atoms with van der Waals surface area (Å²) in [6.45, 7) is 0. The number of hydrogen-bond donors (Lipinski definition) is 1. The molecule has 1 aliphatic carbocycles. The molecule has 0 heterocycles. The summed E-state index contributed by atoms with van der Waals surface area (Å²) in [6, 6.07) is 0. The van der Waals surface area contributed by atoms with E-state index in [1.165, 1.54) is 0 Å². The normalized spacial score (nSPS) is 14.7. The van der Waals surface area contributed by atoms with Gasteiger partial charge >= 0.3 is 11.9 Å². The summed E-state index contributed by atoms with van der Waals surface area (Å²) in [5.74, 6) is -18.6. The van der Waals surface area contributed by atoms with Crippen molar-refractivity contribution in [3.8, 4) is 11.1 Å². The number of carboxylic acids is 1. The lowest BCUT2D eigenvalue weighted by Gasteiger charge is -2.10. The third-order valence-electron chi connectivity index (χ3n) is 3.96. The van der Waals surface area contributed by atoms with Crippen molar-refractivity contribution in [3.63, 3.8) is 0 Å². The van der Waals surface area contributed by atoms with E-state index in [1.54, 1.807) is 0 Å². The zero-order chi connectivity index (χ0) is 20.4. The molecule has 1 atom stereocenters. The maximum Gasteiger partial charge on any atom is 0.385 e. The number of benzene rings is 2. The van der Waals surface area contributed by atoms with Crippen LogP contribution in [0.15, 0.2) is 0 Å². The molecule has 0 amide bonds. The summed E-state index contributed by atoms with van der Waals surface area (Å²) < 4.78 is 111. The summed E-state index contributed by atoms with van der Waals surface area (Å²) in [5.41, 5.74) is -10.5. The van der Waals surface area contributed by atoms with Crippen molar-refractivity contribution in [1.29, 1.82) is 0 Å². The van der Waals surface area contributed by atoms with E-state index in [0.717, 1.165) is 0 Å². The number of halogens is 8. The zero-order valence-electron chi connectivity index (χ0n) is 12.3. The topological polar surface area (TPSA) is 63.6 Å². The molecule has 4 nitrogen and oxygen atoms in total. The Morgan fingerprint density at radius 1 is 0.741 bits per heavy atom. The lowest BCUT2D eigenvalue weighted by molar-refractivity contribution is -0.0796. The van der Waals surface area contributed by atoms with Crippen molar-refractivity contribution in [3.05, 3.63) is 57.2 Å². The van der Waals surface area contributed by atoms with E-state index in [1.807, 2.05) is 0 Å². The highest BCUT2D eigenvalue weighted by molar-refractivity contribution is 5.95. The second-order valence-corrected chi connectivity index (χ2v) is 5.24. The Hall–Kier alpha value is -3.18. The molecule has 1 aliphatic rings. The van der Waals surface area contributed by atoms with Gasteiger partial charge in [0.2, 0.25) is 0 Å². The fourth-order valence-electron chi connectivity index (χ4n) is 2.87. The third kappa shape index (κ3) is 2.22. The van der Waals surface area contributed by atoms with Crippen LogP contribution in [0.25, 0.3) is 11.1 Å². The molecule has 3 rings (SSSR count). The van der Waals surface area contributed by atoms with Gasteiger partial charge in [0, 0.05) is 26.8 Å². The molecule has 27 heavy (non-hydrogen) atoms. The molecule has 0 spiro atoms. The van der Waals surface area contributed by atoms with E-state index in [-0.39, 0.29) is 0 Å². The van der Waals surface area contributed by atoms with Crippen molar-refractivity contribution < 1.29 is 54.9 Å². The number of carbonyl (C=O) groups excluding carboxylic acids is 1. The van der Waals surface area contributed by atoms with Crippen molar-refractivity contribution >= 4 is 11.9 Å². The Kier molecular flexibility index (Phi) is 4.08. The van der Waals surface area contributed by atoms with Gasteiger partial charge in [-0.25, -0.2) is 45.3 Å². The molecule has 0 saturated carbocycles. The minimum atomic E-state index is -3.16. The van der Waals surface area contributed by atoms with E-state index < -0.39 is 86.4 Å². The van der Waals surface area contributed by atoms with E-state index >= 15 is 0 Å². The largest absolute Gasteiger partial charge is 0.477 e. The molecular weight excluding hydrogens is 396 g/mol. The Morgan fingerprint density at radius 3 is 1.74 bits per heavy atom. The molecule has 0 aliphatic heterocycles. The van der Waals surface area contributed by atoms with Crippen LogP contribution in [0.4, 0.5) is 35.3 Å². The number of aromatic carboxylic acids is 1. The fraction of sp³-hybridized carbons (Fsp3) is 0.0667. The number of hydrogen-bond acceptors (Lipinski definition) is 3. The molecule has 142 valence electrons. The van der Waals surface area contributed by atoms with Crippen LogP contribution in [0.3, 0.4) is 0 Å². The summed E-state index contributed by atoms with van der Waals surface area (Å²) in [7, 11) is 0. The molecule has 0 fully saturated rings. The quantitative estimate of drug-likeness (QED) is 0.605. The van der Waals surface area contributed by atoms with Crippen LogP contribution in [-0.4, -0.2) is 17.0 Å². The zero-order valence-corrected chi connectivity index (χ0v) is 12.3. The van der Waals surface area contributed by atoms with Gasteiger partial charge in [0.1, 0.15) is 22.8 Å². The van der Waals surface area contributed by atoms with Gasteiger partial charge < -0.3 is 5.11 Å². The maximum absolute atomic E-state index is 14.5. The van der Waals surface area contributed by atoms with Crippen molar-refractivity contribution in [2.24, 2.45) is 0 Å². The molecule has 2 aromatic rings. The van der Waals surface area contributed by atoms with Gasteiger partial charge in [-0.05, 0) is 0 Å². The first-order chi connectivity index (χ1) is 12.6. The predicted molar refractivity (Wildman–Crippen MR) is 68.1 cm³/mol. The average molecular weight is 398 g/mol. The Morgan fingerprint density at radius 2 is 1.22 bits per heavy atom. The lowest BCUT2D eigenvalue weighted by Crippen LogP contribution is -2.12. The van der Waals surface area contributed by atoms with Crippen LogP contribution >= 0.6 is 0 Å². The van der Waals surface area contributed by atoms with Crippen LogP contribution in [-0.2, 0) is 4.94 Å². The molecule has 12 heteroatoms. The highest BCUT2D eigenvalue weighted by Crippen LogP contribution is 2.52. The minimum Gasteiger partial charge on any atom is -0.477 e. The SMILES string of the molecule is O=C(O)c1c(F)c(F)c2c(c1F)-c1c(F)c(F)c(C(=O)OF)c(F)c1C2F. The van der Waals surface area contributed by atoms with E-state index in [9.17, 15) is 44.8 Å². The minimum absolute atomic E-state index is 1.58. The molecule has 0 bridgehead atoms. The van der Waals surface area contributed by atoms with Crippen molar-refractivity contribution in [2.75, 3.05) is 0 Å². The van der Waals surface area contributed by atoms with Crippen LogP contribution in [0.1, 0.15) is 38.0 Å². The maximum atomic E-state index is 14.5. The first kappa shape index (κ1) is 18.6. The average Bonchev–Trinajstić information content (AvgIpc) is 2.91. The molecule has 1 N–H and O–H groups in total. The molecule has 0 saturated heterocycles. The molecule has 0 aromatic heterocycles. The molecule has 1 unspecified atom stereocenters. The van der Waals surface area contributed by atoms with E-state index in [4.69, 9.17) is 5.11 Å². The van der Waals surface area contributed by atoms with Gasteiger partial charge in [0.05, 0.1) is 0 Å². The van der Waals surface area contributed by atoms with Crippen LogP contribution < -0.4 is 0 Å². The van der Waals surface area contributed by atoms with Gasteiger partial charge in [-0.15, -0.1) is 0 Å². The number of rotatable bonds is 2. The summed E-state index contributed by atoms with van der Waals surface area (Å²) in [6.07, 6.45) is -3.16. The Bertz CT molecular complexity index is 1050. The smallest absolute Gasteiger partial charge is 0.385 e. The standard InChI is InChI=1S/C15H2F8O4/c16-7-1-2-3(9(18)6(15(26)27-23)13(22)10(2)19)8(17)4(1)11(20)12(21)5(7)14(24)25/h8H,(H,24,25). The van der Waals surface area contributed by atoms with Crippen LogP contribution in [0, 0.1) is 34.9 Å². The summed E-state index contributed by atoms with van der Waals surface area (Å²) >= 11 is 0. The monoisotopic (exact) mass is 398 g/mol. The van der Waals surface area contributed by atoms with Gasteiger partial charge in [-0.2, -0.15) is 0 Å². The Labute approximate surface area is 142 Å². The second-order valence-electron chi connectivity index (χ2n) is 5.24. The van der Waals surface area contributed by atoms with E-state index in [0.29, 0.717) is 0 Å².